The highest BCUT2D eigenvalue weighted by Crippen LogP contribution is 2.41. The first kappa shape index (κ1) is 18.5. The molecule has 5 rings (SSSR count). The van der Waals surface area contributed by atoms with Gasteiger partial charge < -0.3 is 0 Å². The number of hydrogen-bond donors (Lipinski definition) is 0. The van der Waals surface area contributed by atoms with Gasteiger partial charge in [0.1, 0.15) is 5.01 Å². The average Bonchev–Trinajstić information content (AvgIpc) is 3.35. The van der Waals surface area contributed by atoms with Gasteiger partial charge >= 0.3 is 0 Å². The van der Waals surface area contributed by atoms with E-state index in [1.54, 1.807) is 29.3 Å². The minimum atomic E-state index is 0.505. The highest BCUT2D eigenvalue weighted by atomic mass is 32.2. The number of aryl methyl sites for hydroxylation is 1. The van der Waals surface area contributed by atoms with Crippen molar-refractivity contribution in [3.63, 3.8) is 0 Å². The van der Waals surface area contributed by atoms with Crippen molar-refractivity contribution in [1.82, 2.24) is 24.7 Å². The number of nitrogens with zero attached hydrogens (tertiary/aromatic N) is 5. The smallest absolute Gasteiger partial charge is 0.192 e. The molecular weight excluding hydrogens is 398 g/mol. The maximum atomic E-state index is 4.84. The van der Waals surface area contributed by atoms with E-state index in [1.165, 1.54) is 24.0 Å². The van der Waals surface area contributed by atoms with E-state index >= 15 is 0 Å². The average molecular weight is 420 g/mol. The van der Waals surface area contributed by atoms with E-state index in [0.29, 0.717) is 6.04 Å². The topological polar surface area (TPSA) is 56.5 Å². The highest BCUT2D eigenvalue weighted by molar-refractivity contribution is 7.98. The first-order valence-corrected chi connectivity index (χ1v) is 11.7. The number of thioether (sulfide) groups is 1. The summed E-state index contributed by atoms with van der Waals surface area (Å²) in [6, 6.07) is 13.2. The standard InChI is InChI=1S/C22H21N5S2/c1-2-15-5-7-16(8-6-15)21-24-18(13-28-21)14-29-22-26-25-20(27(22)19-9-10-19)17-4-3-11-23-12-17/h3-8,11-13,19H,2,9-10,14H2,1H3. The molecule has 0 saturated heterocycles. The lowest BCUT2D eigenvalue weighted by molar-refractivity contribution is 0.669. The van der Waals surface area contributed by atoms with Crippen LogP contribution in [0.1, 0.15) is 37.1 Å². The van der Waals surface area contributed by atoms with Crippen LogP contribution in [0.3, 0.4) is 0 Å². The summed E-state index contributed by atoms with van der Waals surface area (Å²) in [6.07, 6.45) is 7.07. The molecule has 0 unspecified atom stereocenters. The van der Waals surface area contributed by atoms with Crippen LogP contribution in [0.4, 0.5) is 0 Å². The van der Waals surface area contributed by atoms with Crippen LogP contribution < -0.4 is 0 Å². The molecule has 0 amide bonds. The van der Waals surface area contributed by atoms with Gasteiger partial charge in [-0.2, -0.15) is 0 Å². The predicted molar refractivity (Wildman–Crippen MR) is 118 cm³/mol. The van der Waals surface area contributed by atoms with E-state index in [0.717, 1.165) is 39.4 Å². The fourth-order valence-electron chi connectivity index (χ4n) is 3.26. The van der Waals surface area contributed by atoms with Crippen molar-refractivity contribution in [1.29, 1.82) is 0 Å². The summed E-state index contributed by atoms with van der Waals surface area (Å²) in [5.41, 5.74) is 4.64. The lowest BCUT2D eigenvalue weighted by atomic mass is 10.1. The van der Waals surface area contributed by atoms with Gasteiger partial charge in [-0.1, -0.05) is 43.0 Å². The Labute approximate surface area is 178 Å². The van der Waals surface area contributed by atoms with Crippen molar-refractivity contribution >= 4 is 23.1 Å². The van der Waals surface area contributed by atoms with Gasteiger partial charge in [0.2, 0.25) is 0 Å². The molecule has 1 fully saturated rings. The molecule has 5 nitrogen and oxygen atoms in total. The third-order valence-electron chi connectivity index (χ3n) is 5.01. The van der Waals surface area contributed by atoms with Gasteiger partial charge in [0.25, 0.3) is 0 Å². The Kier molecular flexibility index (Phi) is 5.16. The van der Waals surface area contributed by atoms with Gasteiger partial charge in [-0.25, -0.2) is 4.98 Å². The minimum absolute atomic E-state index is 0.505. The lowest BCUT2D eigenvalue weighted by Gasteiger charge is -2.08. The number of aromatic nitrogens is 5. The Morgan fingerprint density at radius 1 is 1.10 bits per heavy atom. The van der Waals surface area contributed by atoms with Crippen LogP contribution in [0, 0.1) is 0 Å². The monoisotopic (exact) mass is 419 g/mol. The fraction of sp³-hybridized carbons (Fsp3) is 0.273. The Hall–Kier alpha value is -2.51. The molecule has 1 aromatic carbocycles. The molecule has 146 valence electrons. The zero-order valence-electron chi connectivity index (χ0n) is 16.2. The molecule has 0 aliphatic heterocycles. The molecule has 3 heterocycles. The molecule has 1 saturated carbocycles. The molecule has 0 atom stereocenters. The Balaban J connectivity index is 1.33. The quantitative estimate of drug-likeness (QED) is 0.362. The first-order chi connectivity index (χ1) is 14.3. The molecule has 7 heteroatoms. The summed E-state index contributed by atoms with van der Waals surface area (Å²) < 4.78 is 2.28. The normalized spacial score (nSPS) is 13.7. The van der Waals surface area contributed by atoms with Crippen LogP contribution in [0.5, 0.6) is 0 Å². The molecular formula is C22H21N5S2. The lowest BCUT2D eigenvalue weighted by Crippen LogP contribution is -2.00. The van der Waals surface area contributed by atoms with Gasteiger partial charge in [-0.05, 0) is 37.0 Å². The summed E-state index contributed by atoms with van der Waals surface area (Å²) in [4.78, 5) is 9.07. The maximum absolute atomic E-state index is 4.84. The second kappa shape index (κ2) is 8.08. The number of pyridine rings is 1. The number of hydrogen-bond acceptors (Lipinski definition) is 6. The molecule has 3 aromatic heterocycles. The largest absolute Gasteiger partial charge is 0.299 e. The van der Waals surface area contributed by atoms with Crippen molar-refractivity contribution in [2.24, 2.45) is 0 Å². The summed E-state index contributed by atoms with van der Waals surface area (Å²) in [5, 5.41) is 13.1. The van der Waals surface area contributed by atoms with Crippen molar-refractivity contribution < 1.29 is 0 Å². The van der Waals surface area contributed by atoms with Gasteiger partial charge in [0.05, 0.1) is 5.69 Å². The zero-order chi connectivity index (χ0) is 19.6. The number of rotatable bonds is 7. The summed E-state index contributed by atoms with van der Waals surface area (Å²) in [6.45, 7) is 2.17. The van der Waals surface area contributed by atoms with Crippen LogP contribution in [0.2, 0.25) is 0 Å². The van der Waals surface area contributed by atoms with Crippen LogP contribution in [-0.4, -0.2) is 24.7 Å². The van der Waals surface area contributed by atoms with Crippen molar-refractivity contribution in [2.45, 2.75) is 43.1 Å². The van der Waals surface area contributed by atoms with Crippen molar-refractivity contribution in [3.05, 3.63) is 65.4 Å². The molecule has 0 N–H and O–H groups in total. The second-order valence-corrected chi connectivity index (χ2v) is 8.93. The van der Waals surface area contributed by atoms with E-state index < -0.39 is 0 Å². The molecule has 29 heavy (non-hydrogen) atoms. The minimum Gasteiger partial charge on any atom is -0.299 e. The van der Waals surface area contributed by atoms with Gasteiger partial charge in [0, 0.05) is 40.7 Å². The SMILES string of the molecule is CCc1ccc(-c2nc(CSc3nnc(-c4cccnc4)n3C3CC3)cs2)cc1. The Bertz CT molecular complexity index is 1100. The third kappa shape index (κ3) is 3.97. The van der Waals surface area contributed by atoms with Gasteiger partial charge in [-0.3, -0.25) is 9.55 Å². The van der Waals surface area contributed by atoms with E-state index in [9.17, 15) is 0 Å². The fourth-order valence-corrected chi connectivity index (χ4v) is 5.09. The summed E-state index contributed by atoms with van der Waals surface area (Å²) in [7, 11) is 0. The summed E-state index contributed by atoms with van der Waals surface area (Å²) >= 11 is 3.41. The van der Waals surface area contributed by atoms with E-state index in [-0.39, 0.29) is 0 Å². The van der Waals surface area contributed by atoms with E-state index in [1.807, 2.05) is 18.3 Å². The molecule has 0 spiro atoms. The molecule has 4 aromatic rings. The van der Waals surface area contributed by atoms with Crippen LogP contribution in [0.15, 0.2) is 59.3 Å². The van der Waals surface area contributed by atoms with Crippen molar-refractivity contribution in [3.8, 4) is 22.0 Å². The maximum Gasteiger partial charge on any atom is 0.192 e. The summed E-state index contributed by atoms with van der Waals surface area (Å²) in [5.74, 6) is 1.71. The van der Waals surface area contributed by atoms with Crippen LogP contribution in [0.25, 0.3) is 22.0 Å². The third-order valence-corrected chi connectivity index (χ3v) is 6.92. The number of benzene rings is 1. The molecule has 1 aliphatic rings. The van der Waals surface area contributed by atoms with Crippen molar-refractivity contribution in [2.75, 3.05) is 0 Å². The van der Waals surface area contributed by atoms with Crippen LogP contribution >= 0.6 is 23.1 Å². The van der Waals surface area contributed by atoms with Crippen LogP contribution in [-0.2, 0) is 12.2 Å². The molecule has 0 radical (unpaired) electrons. The first-order valence-electron chi connectivity index (χ1n) is 9.83. The number of thiazole rings is 1. The van der Waals surface area contributed by atoms with E-state index in [4.69, 9.17) is 4.98 Å². The molecule has 1 aliphatic carbocycles. The Morgan fingerprint density at radius 3 is 2.69 bits per heavy atom. The highest BCUT2D eigenvalue weighted by Gasteiger charge is 2.30. The Morgan fingerprint density at radius 2 is 1.97 bits per heavy atom. The molecule has 0 bridgehead atoms. The van der Waals surface area contributed by atoms with E-state index in [2.05, 4.69) is 56.3 Å². The van der Waals surface area contributed by atoms with Gasteiger partial charge in [0.15, 0.2) is 11.0 Å². The van der Waals surface area contributed by atoms with Gasteiger partial charge in [-0.15, -0.1) is 21.5 Å². The second-order valence-electron chi connectivity index (χ2n) is 7.13. The predicted octanol–water partition coefficient (Wildman–Crippen LogP) is 5.65. The zero-order valence-corrected chi connectivity index (χ0v) is 17.8.